The minimum atomic E-state index is -1.13. The van der Waals surface area contributed by atoms with Gasteiger partial charge in [-0.2, -0.15) is 0 Å². The second kappa shape index (κ2) is 6.37. The Kier molecular flexibility index (Phi) is 4.39. The quantitative estimate of drug-likeness (QED) is 0.487. The summed E-state index contributed by atoms with van der Waals surface area (Å²) in [7, 11) is 0. The predicted molar refractivity (Wildman–Crippen MR) is 88.4 cm³/mol. The van der Waals surface area contributed by atoms with Crippen molar-refractivity contribution in [3.05, 3.63) is 75.5 Å². The maximum absolute atomic E-state index is 14.3. The number of halogens is 4. The third-order valence-corrected chi connectivity index (χ3v) is 4.15. The molecule has 25 heavy (non-hydrogen) atoms. The Labute approximate surface area is 146 Å². The average molecular weight is 365 g/mol. The molecule has 0 saturated heterocycles. The van der Waals surface area contributed by atoms with Gasteiger partial charge in [-0.05, 0) is 12.5 Å². The molecule has 0 aliphatic carbocycles. The summed E-state index contributed by atoms with van der Waals surface area (Å²) in [5.74, 6) is -3.30. The summed E-state index contributed by atoms with van der Waals surface area (Å²) in [6, 6.07) is 8.11. The molecule has 0 unspecified atom stereocenters. The van der Waals surface area contributed by atoms with Crippen LogP contribution in [0, 0.1) is 36.5 Å². The van der Waals surface area contributed by atoms with Crippen molar-refractivity contribution < 1.29 is 18.0 Å². The van der Waals surface area contributed by atoms with E-state index in [0.29, 0.717) is 22.5 Å². The van der Waals surface area contributed by atoms with Crippen LogP contribution in [0.1, 0.15) is 11.3 Å². The van der Waals surface area contributed by atoms with Crippen molar-refractivity contribution in [3.63, 3.8) is 0 Å². The first-order chi connectivity index (χ1) is 11.8. The van der Waals surface area contributed by atoms with Crippen molar-refractivity contribution in [3.8, 4) is 22.3 Å². The molecule has 0 fully saturated rings. The van der Waals surface area contributed by atoms with Crippen LogP contribution in [0.3, 0.4) is 0 Å². The zero-order chi connectivity index (χ0) is 18.3. The molecule has 0 aliphatic rings. The topological polar surface area (TPSA) is 39.8 Å². The van der Waals surface area contributed by atoms with Crippen LogP contribution in [0.2, 0.25) is 5.15 Å². The maximum atomic E-state index is 14.3. The van der Waals surface area contributed by atoms with Gasteiger partial charge in [-0.1, -0.05) is 46.3 Å². The van der Waals surface area contributed by atoms with Crippen LogP contribution in [0.25, 0.3) is 22.3 Å². The first-order valence-electron chi connectivity index (χ1n) is 7.31. The second-order valence-electron chi connectivity index (χ2n) is 5.61. The summed E-state index contributed by atoms with van der Waals surface area (Å²) in [5, 5.41) is 15.2. The van der Waals surface area contributed by atoms with Crippen molar-refractivity contribution in [1.82, 2.24) is 5.10 Å². The number of hydrogen-bond donors (Lipinski definition) is 0. The van der Waals surface area contributed by atoms with E-state index < -0.39 is 23.0 Å². The Morgan fingerprint density at radius 3 is 2.04 bits per heavy atom. The van der Waals surface area contributed by atoms with Crippen molar-refractivity contribution in [2.24, 2.45) is 0 Å². The number of aromatic nitrogens is 2. The molecule has 0 N–H and O–H groups in total. The van der Waals surface area contributed by atoms with Crippen molar-refractivity contribution in [2.45, 2.75) is 13.8 Å². The lowest BCUT2D eigenvalue weighted by Gasteiger charge is -2.14. The van der Waals surface area contributed by atoms with Crippen LogP contribution in [-0.2, 0) is 0 Å². The Bertz CT molecular complexity index is 952. The third kappa shape index (κ3) is 3.05. The van der Waals surface area contributed by atoms with Crippen LogP contribution in [-0.4, -0.2) is 5.10 Å². The smallest absolute Gasteiger partial charge is 0.227 e. The van der Waals surface area contributed by atoms with Crippen molar-refractivity contribution in [2.75, 3.05) is 0 Å². The highest BCUT2D eigenvalue weighted by molar-refractivity contribution is 6.32. The van der Waals surface area contributed by atoms with Crippen LogP contribution >= 0.6 is 11.6 Å². The first kappa shape index (κ1) is 17.2. The van der Waals surface area contributed by atoms with E-state index in [1.54, 1.807) is 24.3 Å². The highest BCUT2D eigenvalue weighted by atomic mass is 35.5. The van der Waals surface area contributed by atoms with Gasteiger partial charge in [0.2, 0.25) is 10.8 Å². The Morgan fingerprint density at radius 2 is 1.48 bits per heavy atom. The Balaban J connectivity index is 2.42. The standard InChI is InChI=1S/C18H12ClF3N2O/c1-9-3-5-11(6-4-9)15-10(2)24(25)23-18(19)17(15)16-13(21)7-12(20)8-14(16)22/h3-8H,1-2H3. The van der Waals surface area contributed by atoms with Gasteiger partial charge in [-0.25, -0.2) is 13.2 Å². The van der Waals surface area contributed by atoms with Gasteiger partial charge in [0.05, 0.1) is 11.1 Å². The predicted octanol–water partition coefficient (Wildman–Crippen LogP) is 4.74. The minimum Gasteiger partial charge on any atom is -0.594 e. The lowest BCUT2D eigenvalue weighted by atomic mass is 9.94. The molecule has 1 heterocycles. The summed E-state index contributed by atoms with van der Waals surface area (Å²) in [6.07, 6.45) is 0. The molecule has 3 nitrogen and oxygen atoms in total. The summed E-state index contributed by atoms with van der Waals surface area (Å²) >= 11 is 6.05. The number of aryl methyl sites for hydroxylation is 1. The van der Waals surface area contributed by atoms with Gasteiger partial charge in [-0.3, -0.25) is 0 Å². The van der Waals surface area contributed by atoms with Crippen LogP contribution < -0.4 is 4.85 Å². The molecule has 7 heteroatoms. The number of nitrogens with zero attached hydrogens (tertiary/aromatic N) is 2. The van der Waals surface area contributed by atoms with Gasteiger partial charge in [0.1, 0.15) is 17.5 Å². The molecule has 0 radical (unpaired) electrons. The van der Waals surface area contributed by atoms with Gasteiger partial charge in [-0.15, -0.1) is 0 Å². The second-order valence-corrected chi connectivity index (χ2v) is 5.97. The van der Waals surface area contributed by atoms with Gasteiger partial charge >= 0.3 is 0 Å². The van der Waals surface area contributed by atoms with Gasteiger partial charge in [0.25, 0.3) is 0 Å². The largest absolute Gasteiger partial charge is 0.594 e. The normalized spacial score (nSPS) is 11.0. The van der Waals surface area contributed by atoms with E-state index in [1.807, 2.05) is 6.92 Å². The summed E-state index contributed by atoms with van der Waals surface area (Å²) in [4.78, 5) is 0.292. The number of benzene rings is 2. The molecule has 0 bridgehead atoms. The van der Waals surface area contributed by atoms with E-state index in [9.17, 15) is 18.4 Å². The highest BCUT2D eigenvalue weighted by Gasteiger charge is 2.27. The van der Waals surface area contributed by atoms with Crippen LogP contribution in [0.4, 0.5) is 13.2 Å². The fourth-order valence-corrected chi connectivity index (χ4v) is 2.92. The van der Waals surface area contributed by atoms with E-state index >= 15 is 0 Å². The molecule has 1 aromatic heterocycles. The van der Waals surface area contributed by atoms with Crippen molar-refractivity contribution >= 4 is 11.6 Å². The molecule has 0 amide bonds. The first-order valence-corrected chi connectivity index (χ1v) is 7.69. The average Bonchev–Trinajstić information content (AvgIpc) is 2.52. The minimum absolute atomic E-state index is 0.0925. The zero-order valence-corrected chi connectivity index (χ0v) is 14.0. The van der Waals surface area contributed by atoms with Crippen molar-refractivity contribution in [1.29, 1.82) is 0 Å². The lowest BCUT2D eigenvalue weighted by Crippen LogP contribution is -2.36. The van der Waals surface area contributed by atoms with E-state index in [1.165, 1.54) is 6.92 Å². The molecule has 2 aromatic carbocycles. The third-order valence-electron chi connectivity index (χ3n) is 3.88. The summed E-state index contributed by atoms with van der Waals surface area (Å²) < 4.78 is 41.9. The molecule has 0 atom stereocenters. The zero-order valence-electron chi connectivity index (χ0n) is 13.3. The molecule has 0 aliphatic heterocycles. The molecule has 0 saturated carbocycles. The van der Waals surface area contributed by atoms with Crippen LogP contribution in [0.15, 0.2) is 36.4 Å². The van der Waals surface area contributed by atoms with E-state index in [-0.39, 0.29) is 22.0 Å². The van der Waals surface area contributed by atoms with E-state index in [0.717, 1.165) is 5.56 Å². The van der Waals surface area contributed by atoms with E-state index in [2.05, 4.69) is 5.10 Å². The Hall–Kier alpha value is -2.60. The fourth-order valence-electron chi connectivity index (χ4n) is 2.67. The van der Waals surface area contributed by atoms with Gasteiger partial charge < -0.3 is 5.21 Å². The molecular formula is C18H12ClF3N2O. The lowest BCUT2D eigenvalue weighted by molar-refractivity contribution is -0.674. The Morgan fingerprint density at radius 1 is 0.920 bits per heavy atom. The van der Waals surface area contributed by atoms with Gasteiger partial charge in [0.15, 0.2) is 0 Å². The molecular weight excluding hydrogens is 353 g/mol. The molecule has 128 valence electrons. The van der Waals surface area contributed by atoms with Gasteiger partial charge in [0, 0.05) is 29.7 Å². The molecule has 3 rings (SSSR count). The van der Waals surface area contributed by atoms with Crippen LogP contribution in [0.5, 0.6) is 0 Å². The highest BCUT2D eigenvalue weighted by Crippen LogP contribution is 2.40. The SMILES string of the molecule is Cc1ccc(-c2c(-c3c(F)cc(F)cc3F)c(Cl)n[n+]([O-])c2C)cc1. The molecule has 0 spiro atoms. The fraction of sp³-hybridized carbons (Fsp3) is 0.111. The van der Waals surface area contributed by atoms with E-state index in [4.69, 9.17) is 11.6 Å². The summed E-state index contributed by atoms with van der Waals surface area (Å²) in [5.41, 5.74) is 1.24. The maximum Gasteiger partial charge on any atom is 0.227 e. The number of hydrogen-bond acceptors (Lipinski definition) is 2. The number of rotatable bonds is 2. The molecule has 3 aromatic rings. The monoisotopic (exact) mass is 364 g/mol. The summed E-state index contributed by atoms with van der Waals surface area (Å²) in [6.45, 7) is 3.35.